The number of likely N-dealkylation sites (N-methyl/N-ethyl adjacent to an activating group) is 1. The number of carbonyl (C=O) groups excluding carboxylic acids is 1. The molecule has 2 atom stereocenters. The van der Waals surface area contributed by atoms with Crippen LogP contribution in [-0.2, 0) is 22.7 Å². The number of nitriles is 1. The molecule has 0 radical (unpaired) electrons. The monoisotopic (exact) mass is 637 g/mol. The van der Waals surface area contributed by atoms with Gasteiger partial charge in [0.25, 0.3) is 0 Å². The Bertz CT molecular complexity index is 1870. The zero-order chi connectivity index (χ0) is 32.2. The van der Waals surface area contributed by atoms with Crippen molar-refractivity contribution in [3.63, 3.8) is 0 Å². The van der Waals surface area contributed by atoms with E-state index in [1.165, 1.54) is 0 Å². The first-order valence-electron chi connectivity index (χ1n) is 14.7. The summed E-state index contributed by atoms with van der Waals surface area (Å²) in [5, 5.41) is 24.1. The van der Waals surface area contributed by atoms with Crippen LogP contribution in [0, 0.1) is 23.0 Å². The average molecular weight is 638 g/mol. The third-order valence-corrected chi connectivity index (χ3v) is 9.26. The van der Waals surface area contributed by atoms with Crippen LogP contribution < -0.4 is 10.2 Å². The van der Waals surface area contributed by atoms with Crippen molar-refractivity contribution in [3.05, 3.63) is 40.7 Å². The first kappa shape index (κ1) is 31.0. The van der Waals surface area contributed by atoms with Gasteiger partial charge in [0.05, 0.1) is 47.5 Å². The quantitative estimate of drug-likeness (QED) is 0.286. The van der Waals surface area contributed by atoms with Crippen molar-refractivity contribution < 1.29 is 28.2 Å². The summed E-state index contributed by atoms with van der Waals surface area (Å²) in [6.07, 6.45) is 1.10. The fraction of sp³-hybridized carbons (Fsp3) is 0.452. The summed E-state index contributed by atoms with van der Waals surface area (Å²) in [5.41, 5.74) is 0.427. The number of amides is 1. The summed E-state index contributed by atoms with van der Waals surface area (Å²) in [7, 11) is 0. The summed E-state index contributed by atoms with van der Waals surface area (Å²) in [6.45, 7) is 11.7. The third kappa shape index (κ3) is 5.43. The lowest BCUT2D eigenvalue weighted by Gasteiger charge is -2.27. The number of halogens is 2. The summed E-state index contributed by atoms with van der Waals surface area (Å²) in [5.74, 6) is -1.16. The number of benzene rings is 1. The first-order chi connectivity index (χ1) is 21.4. The second-order valence-electron chi connectivity index (χ2n) is 12.0. The number of aromatic nitrogens is 3. The predicted octanol–water partition coefficient (Wildman–Crippen LogP) is 5.32. The molecule has 6 rings (SSSR count). The maximum Gasteiger partial charge on any atom is 0.412 e. The van der Waals surface area contributed by atoms with Gasteiger partial charge in [-0.15, -0.1) is 11.3 Å². The zero-order valence-electron chi connectivity index (χ0n) is 25.6. The topological polar surface area (TPSA) is 137 Å². The van der Waals surface area contributed by atoms with Crippen LogP contribution in [0.15, 0.2) is 12.4 Å². The second kappa shape index (κ2) is 11.7. The van der Waals surface area contributed by atoms with E-state index in [2.05, 4.69) is 25.2 Å². The summed E-state index contributed by atoms with van der Waals surface area (Å²) in [6, 6.07) is 1.93. The van der Waals surface area contributed by atoms with Crippen LogP contribution in [0.4, 0.5) is 24.5 Å². The molecule has 11 nitrogen and oxygen atoms in total. The van der Waals surface area contributed by atoms with E-state index < -0.39 is 29.4 Å². The van der Waals surface area contributed by atoms with E-state index >= 15 is 8.78 Å². The number of nitrogens with one attached hydrogen (secondary N) is 1. The van der Waals surface area contributed by atoms with Crippen molar-refractivity contribution in [2.24, 2.45) is 0 Å². The second-order valence-corrected chi connectivity index (χ2v) is 13.1. The number of aliphatic hydroxyl groups excluding tert-OH is 1. The number of rotatable bonds is 6. The molecular formula is C31H33F2N7O4S. The molecule has 1 amide bonds. The van der Waals surface area contributed by atoms with Gasteiger partial charge in [0.1, 0.15) is 22.2 Å². The van der Waals surface area contributed by atoms with Gasteiger partial charge < -0.3 is 19.5 Å². The standard InChI is InChI=1S/C31H33F2N7O4S/c1-6-39(7-2)20-11-40(12-21(20)41)29-36-9-16-17-13-43-14-18(17)22(24(33)25(16)37-29)26-23-15(8-34)28(38-30(42)44-31(3,4)5)45-27(23)19(32)10-35-26/h9-10,20-21,41H,6-7,11-14H2,1-5H3,(H,38,42)/t20-,21+/m1/s1. The molecular weight excluding hydrogens is 604 g/mol. The molecule has 0 saturated carbocycles. The molecule has 0 aliphatic carbocycles. The number of ether oxygens (including phenoxy) is 2. The minimum absolute atomic E-state index is 0.0279. The number of β-amino-alcohol motifs (C(OH)–C–C–N with tert-alkyl or cyclic N) is 1. The number of thiophene rings is 1. The number of carbonyl (C=O) groups is 1. The Morgan fingerprint density at radius 1 is 1.22 bits per heavy atom. The summed E-state index contributed by atoms with van der Waals surface area (Å²) in [4.78, 5) is 30.0. The van der Waals surface area contributed by atoms with Gasteiger partial charge in [0, 0.05) is 35.6 Å². The molecule has 2 aliphatic heterocycles. The van der Waals surface area contributed by atoms with Crippen molar-refractivity contribution in [2.75, 3.05) is 36.4 Å². The highest BCUT2D eigenvalue weighted by atomic mass is 32.1. The van der Waals surface area contributed by atoms with Crippen LogP contribution in [0.3, 0.4) is 0 Å². The van der Waals surface area contributed by atoms with Gasteiger partial charge in [-0.05, 0) is 45.0 Å². The summed E-state index contributed by atoms with van der Waals surface area (Å²) >= 11 is 0.843. The molecule has 5 heterocycles. The molecule has 0 unspecified atom stereocenters. The van der Waals surface area contributed by atoms with Gasteiger partial charge in [-0.2, -0.15) is 5.26 Å². The largest absolute Gasteiger partial charge is 0.444 e. The van der Waals surface area contributed by atoms with E-state index in [0.29, 0.717) is 29.6 Å². The fourth-order valence-corrected chi connectivity index (χ4v) is 7.18. The molecule has 2 aliphatic rings. The van der Waals surface area contributed by atoms with Gasteiger partial charge in [-0.1, -0.05) is 13.8 Å². The molecule has 236 valence electrons. The van der Waals surface area contributed by atoms with Crippen LogP contribution in [0.5, 0.6) is 0 Å². The fourth-order valence-electron chi connectivity index (χ4n) is 6.14. The highest BCUT2D eigenvalue weighted by Crippen LogP contribution is 2.46. The maximum atomic E-state index is 16.8. The van der Waals surface area contributed by atoms with E-state index in [-0.39, 0.29) is 62.6 Å². The van der Waals surface area contributed by atoms with Crippen molar-refractivity contribution in [3.8, 4) is 17.3 Å². The molecule has 0 bridgehead atoms. The molecule has 14 heteroatoms. The zero-order valence-corrected chi connectivity index (χ0v) is 26.4. The Hall–Kier alpha value is -4.03. The van der Waals surface area contributed by atoms with E-state index in [0.717, 1.165) is 30.6 Å². The Morgan fingerprint density at radius 3 is 2.64 bits per heavy atom. The van der Waals surface area contributed by atoms with Gasteiger partial charge in [-0.25, -0.2) is 23.5 Å². The van der Waals surface area contributed by atoms with E-state index in [1.54, 1.807) is 27.0 Å². The lowest BCUT2D eigenvalue weighted by molar-refractivity contribution is 0.0636. The maximum absolute atomic E-state index is 16.8. The van der Waals surface area contributed by atoms with Gasteiger partial charge in [-0.3, -0.25) is 15.2 Å². The van der Waals surface area contributed by atoms with Crippen LogP contribution in [0.25, 0.3) is 32.2 Å². The highest BCUT2D eigenvalue weighted by molar-refractivity contribution is 7.23. The lowest BCUT2D eigenvalue weighted by atomic mass is 9.94. The smallest absolute Gasteiger partial charge is 0.412 e. The Balaban J connectivity index is 1.50. The minimum Gasteiger partial charge on any atom is -0.444 e. The van der Waals surface area contributed by atoms with E-state index in [4.69, 9.17) is 9.47 Å². The number of fused-ring (bicyclic) bond motifs is 4. The third-order valence-electron chi connectivity index (χ3n) is 8.14. The molecule has 1 aromatic carbocycles. The highest BCUT2D eigenvalue weighted by Gasteiger charge is 2.37. The summed E-state index contributed by atoms with van der Waals surface area (Å²) < 4.78 is 43.1. The van der Waals surface area contributed by atoms with Gasteiger partial charge in [0.15, 0.2) is 11.6 Å². The molecule has 1 fully saturated rings. The molecule has 2 N–H and O–H groups in total. The molecule has 45 heavy (non-hydrogen) atoms. The van der Waals surface area contributed by atoms with Gasteiger partial charge >= 0.3 is 6.09 Å². The molecule has 0 spiro atoms. The number of nitrogens with zero attached hydrogens (tertiary/aromatic N) is 6. The number of hydrogen-bond acceptors (Lipinski definition) is 11. The molecule has 1 saturated heterocycles. The van der Waals surface area contributed by atoms with E-state index in [9.17, 15) is 15.2 Å². The van der Waals surface area contributed by atoms with Crippen molar-refractivity contribution in [2.45, 2.75) is 65.6 Å². The number of pyridine rings is 1. The average Bonchev–Trinajstić information content (AvgIpc) is 3.71. The van der Waals surface area contributed by atoms with Gasteiger partial charge in [0.2, 0.25) is 5.95 Å². The Labute approximate surface area is 262 Å². The van der Waals surface area contributed by atoms with Crippen LogP contribution in [0.2, 0.25) is 0 Å². The van der Waals surface area contributed by atoms with Crippen LogP contribution >= 0.6 is 11.3 Å². The Kier molecular flexibility index (Phi) is 8.07. The number of aliphatic hydroxyl groups is 1. The normalized spacial score (nSPS) is 18.2. The SMILES string of the molecule is CCN(CC)[C@@H]1CN(c2ncc3c4c(c(-c5ncc(F)c6sc(NC(=O)OC(C)(C)C)c(C#N)c56)c(F)c3n2)COC4)C[C@@H]1O. The minimum atomic E-state index is -0.814. The Morgan fingerprint density at radius 2 is 1.96 bits per heavy atom. The number of hydrogen-bond donors (Lipinski definition) is 2. The molecule has 3 aromatic heterocycles. The van der Waals surface area contributed by atoms with Crippen molar-refractivity contribution >= 4 is 49.4 Å². The van der Waals surface area contributed by atoms with Crippen molar-refractivity contribution in [1.29, 1.82) is 5.26 Å². The predicted molar refractivity (Wildman–Crippen MR) is 166 cm³/mol. The van der Waals surface area contributed by atoms with Crippen LogP contribution in [-0.4, -0.2) is 75.0 Å². The first-order valence-corrected chi connectivity index (χ1v) is 15.5. The van der Waals surface area contributed by atoms with Crippen LogP contribution in [0.1, 0.15) is 51.3 Å². The van der Waals surface area contributed by atoms with E-state index in [1.807, 2.05) is 24.8 Å². The molecule has 4 aromatic rings. The number of anilines is 2. The lowest BCUT2D eigenvalue weighted by Crippen LogP contribution is -2.43. The van der Waals surface area contributed by atoms with Crippen molar-refractivity contribution in [1.82, 2.24) is 19.9 Å².